The molecule has 0 radical (unpaired) electrons. The molecular formula is C10H15ClN2O. The van der Waals surface area contributed by atoms with Gasteiger partial charge in [0.15, 0.2) is 0 Å². The number of alkyl halides is 1. The standard InChI is InChI=1S/C10H15ClN2O/c11-4-1-9-7-12-13-10(9)8-2-5-14-6-3-8/h7-8H,1-6H2,(H,12,13). The van der Waals surface area contributed by atoms with Crippen LogP contribution in [0.25, 0.3) is 0 Å². The van der Waals surface area contributed by atoms with Crippen molar-refractivity contribution in [2.45, 2.75) is 25.2 Å². The summed E-state index contributed by atoms with van der Waals surface area (Å²) in [5, 5.41) is 7.19. The van der Waals surface area contributed by atoms with Crippen LogP contribution in [0.5, 0.6) is 0 Å². The second-order valence-electron chi connectivity index (χ2n) is 3.63. The summed E-state index contributed by atoms with van der Waals surface area (Å²) in [5.41, 5.74) is 2.54. The van der Waals surface area contributed by atoms with Crippen LogP contribution in [0.4, 0.5) is 0 Å². The highest BCUT2D eigenvalue weighted by molar-refractivity contribution is 6.17. The van der Waals surface area contributed by atoms with Crippen LogP contribution in [0, 0.1) is 0 Å². The zero-order valence-corrected chi connectivity index (χ0v) is 8.89. The summed E-state index contributed by atoms with van der Waals surface area (Å²) in [5.74, 6) is 1.25. The van der Waals surface area contributed by atoms with Crippen LogP contribution >= 0.6 is 11.6 Å². The van der Waals surface area contributed by atoms with Crippen molar-refractivity contribution in [2.75, 3.05) is 19.1 Å². The maximum Gasteiger partial charge on any atom is 0.0522 e. The molecule has 0 atom stereocenters. The van der Waals surface area contributed by atoms with Crippen LogP contribution in [-0.4, -0.2) is 29.3 Å². The van der Waals surface area contributed by atoms with Gasteiger partial charge in [0.25, 0.3) is 0 Å². The van der Waals surface area contributed by atoms with Gasteiger partial charge in [0.05, 0.1) is 6.20 Å². The van der Waals surface area contributed by atoms with Crippen molar-refractivity contribution in [2.24, 2.45) is 0 Å². The van der Waals surface area contributed by atoms with Gasteiger partial charge in [-0.25, -0.2) is 0 Å². The van der Waals surface area contributed by atoms with E-state index in [1.165, 1.54) is 11.3 Å². The maximum absolute atomic E-state index is 5.74. The molecule has 1 N–H and O–H groups in total. The number of hydrogen-bond acceptors (Lipinski definition) is 2. The molecule has 1 fully saturated rings. The quantitative estimate of drug-likeness (QED) is 0.783. The fourth-order valence-corrected chi connectivity index (χ4v) is 2.17. The second-order valence-corrected chi connectivity index (χ2v) is 4.01. The highest BCUT2D eigenvalue weighted by Crippen LogP contribution is 2.27. The Bertz CT molecular complexity index is 281. The SMILES string of the molecule is ClCCc1cn[nH]c1C1CCOCC1. The van der Waals surface area contributed by atoms with Crippen molar-refractivity contribution < 1.29 is 4.74 Å². The number of rotatable bonds is 3. The molecule has 78 valence electrons. The highest BCUT2D eigenvalue weighted by atomic mass is 35.5. The third-order valence-electron chi connectivity index (χ3n) is 2.74. The van der Waals surface area contributed by atoms with Crippen LogP contribution in [-0.2, 0) is 11.2 Å². The Hall–Kier alpha value is -0.540. The van der Waals surface area contributed by atoms with Crippen molar-refractivity contribution in [3.05, 3.63) is 17.5 Å². The first-order chi connectivity index (χ1) is 6.92. The molecule has 0 unspecified atom stereocenters. The zero-order chi connectivity index (χ0) is 9.80. The Morgan fingerprint density at radius 1 is 1.50 bits per heavy atom. The van der Waals surface area contributed by atoms with Gasteiger partial charge in [-0.1, -0.05) is 0 Å². The first-order valence-corrected chi connectivity index (χ1v) is 5.61. The molecule has 2 heterocycles. The number of halogens is 1. The van der Waals surface area contributed by atoms with Crippen molar-refractivity contribution in [1.29, 1.82) is 0 Å². The number of ether oxygens (including phenoxy) is 1. The van der Waals surface area contributed by atoms with E-state index in [4.69, 9.17) is 16.3 Å². The number of H-pyrrole nitrogens is 1. The predicted molar refractivity (Wildman–Crippen MR) is 55.8 cm³/mol. The molecule has 0 aliphatic carbocycles. The summed E-state index contributed by atoms with van der Waals surface area (Å²) in [4.78, 5) is 0. The fourth-order valence-electron chi connectivity index (χ4n) is 1.96. The molecule has 1 aliphatic heterocycles. The van der Waals surface area contributed by atoms with Gasteiger partial charge in [0.2, 0.25) is 0 Å². The molecule has 0 amide bonds. The molecular weight excluding hydrogens is 200 g/mol. The van der Waals surface area contributed by atoms with Crippen molar-refractivity contribution in [1.82, 2.24) is 10.2 Å². The lowest BCUT2D eigenvalue weighted by molar-refractivity contribution is 0.0843. The molecule has 4 heteroatoms. The van der Waals surface area contributed by atoms with Crippen molar-refractivity contribution >= 4 is 11.6 Å². The van der Waals surface area contributed by atoms with Gasteiger partial charge in [-0.3, -0.25) is 5.10 Å². The molecule has 0 saturated carbocycles. The van der Waals surface area contributed by atoms with Crippen LogP contribution in [0.3, 0.4) is 0 Å². The Labute approximate surface area is 88.8 Å². The van der Waals surface area contributed by atoms with E-state index in [0.717, 1.165) is 32.5 Å². The van der Waals surface area contributed by atoms with Gasteiger partial charge < -0.3 is 4.74 Å². The average Bonchev–Trinajstić information content (AvgIpc) is 2.68. The van der Waals surface area contributed by atoms with Gasteiger partial charge in [-0.05, 0) is 24.8 Å². The maximum atomic E-state index is 5.74. The van der Waals surface area contributed by atoms with E-state index in [9.17, 15) is 0 Å². The fraction of sp³-hybridized carbons (Fsp3) is 0.700. The second kappa shape index (κ2) is 4.80. The minimum atomic E-state index is 0.587. The van der Waals surface area contributed by atoms with Crippen LogP contribution in [0.1, 0.15) is 30.0 Å². The summed E-state index contributed by atoms with van der Waals surface area (Å²) in [7, 11) is 0. The third kappa shape index (κ3) is 2.10. The molecule has 0 aromatic carbocycles. The summed E-state index contributed by atoms with van der Waals surface area (Å²) in [6.45, 7) is 1.73. The molecule has 0 bridgehead atoms. The van der Waals surface area contributed by atoms with Crippen molar-refractivity contribution in [3.8, 4) is 0 Å². The van der Waals surface area contributed by atoms with Gasteiger partial charge in [0.1, 0.15) is 0 Å². The van der Waals surface area contributed by atoms with Gasteiger partial charge in [0, 0.05) is 30.7 Å². The Morgan fingerprint density at radius 2 is 2.29 bits per heavy atom. The Morgan fingerprint density at radius 3 is 3.00 bits per heavy atom. The van der Waals surface area contributed by atoms with Crippen LogP contribution in [0.15, 0.2) is 6.20 Å². The lowest BCUT2D eigenvalue weighted by Crippen LogP contribution is -2.15. The van der Waals surface area contributed by atoms with E-state index in [1.807, 2.05) is 6.20 Å². The number of hydrogen-bond donors (Lipinski definition) is 1. The predicted octanol–water partition coefficient (Wildman–Crippen LogP) is 2.08. The molecule has 1 saturated heterocycles. The first-order valence-electron chi connectivity index (χ1n) is 5.07. The first kappa shape index (κ1) is 9.99. The van der Waals surface area contributed by atoms with E-state index >= 15 is 0 Å². The summed E-state index contributed by atoms with van der Waals surface area (Å²) >= 11 is 5.74. The van der Waals surface area contributed by atoms with Crippen LogP contribution in [0.2, 0.25) is 0 Å². The van der Waals surface area contributed by atoms with Crippen molar-refractivity contribution in [3.63, 3.8) is 0 Å². The average molecular weight is 215 g/mol. The van der Waals surface area contributed by atoms with Gasteiger partial charge in [-0.2, -0.15) is 5.10 Å². The summed E-state index contributed by atoms with van der Waals surface area (Å²) in [6, 6.07) is 0. The lowest BCUT2D eigenvalue weighted by atomic mass is 9.93. The van der Waals surface area contributed by atoms with E-state index in [2.05, 4.69) is 10.2 Å². The van der Waals surface area contributed by atoms with E-state index < -0.39 is 0 Å². The van der Waals surface area contributed by atoms with E-state index in [-0.39, 0.29) is 0 Å². The van der Waals surface area contributed by atoms with Gasteiger partial charge in [-0.15, -0.1) is 11.6 Å². The molecule has 14 heavy (non-hydrogen) atoms. The Kier molecular flexibility index (Phi) is 3.43. The minimum Gasteiger partial charge on any atom is -0.381 e. The number of aromatic nitrogens is 2. The number of aromatic amines is 1. The van der Waals surface area contributed by atoms with Gasteiger partial charge >= 0.3 is 0 Å². The van der Waals surface area contributed by atoms with E-state index in [0.29, 0.717) is 11.8 Å². The lowest BCUT2D eigenvalue weighted by Gasteiger charge is -2.21. The molecule has 2 rings (SSSR count). The third-order valence-corrected chi connectivity index (χ3v) is 2.93. The largest absolute Gasteiger partial charge is 0.381 e. The molecule has 1 aliphatic rings. The molecule has 3 nitrogen and oxygen atoms in total. The smallest absolute Gasteiger partial charge is 0.0522 e. The zero-order valence-electron chi connectivity index (χ0n) is 8.13. The molecule has 0 spiro atoms. The number of aryl methyl sites for hydroxylation is 1. The monoisotopic (exact) mass is 214 g/mol. The Balaban J connectivity index is 2.09. The van der Waals surface area contributed by atoms with Crippen LogP contribution < -0.4 is 0 Å². The number of nitrogens with one attached hydrogen (secondary N) is 1. The normalized spacial score (nSPS) is 18.6. The number of nitrogens with zero attached hydrogens (tertiary/aromatic N) is 1. The molecule has 1 aromatic rings. The summed E-state index contributed by atoms with van der Waals surface area (Å²) in [6.07, 6.45) is 4.99. The highest BCUT2D eigenvalue weighted by Gasteiger charge is 2.19. The summed E-state index contributed by atoms with van der Waals surface area (Å²) < 4.78 is 5.34. The minimum absolute atomic E-state index is 0.587. The topological polar surface area (TPSA) is 37.9 Å². The molecule has 1 aromatic heterocycles. The van der Waals surface area contributed by atoms with E-state index in [1.54, 1.807) is 0 Å².